The number of halogens is 1. The van der Waals surface area contributed by atoms with Crippen molar-refractivity contribution in [2.45, 2.75) is 19.4 Å². The molecule has 2 heterocycles. The third-order valence-corrected chi connectivity index (χ3v) is 4.76. The van der Waals surface area contributed by atoms with Crippen molar-refractivity contribution in [1.29, 1.82) is 0 Å². The van der Waals surface area contributed by atoms with Crippen LogP contribution in [-0.2, 0) is 0 Å². The fourth-order valence-electron chi connectivity index (χ4n) is 3.43. The monoisotopic (exact) mass is 349 g/mol. The van der Waals surface area contributed by atoms with Crippen LogP contribution in [0.1, 0.15) is 22.5 Å². The highest BCUT2D eigenvalue weighted by Crippen LogP contribution is 2.25. The van der Waals surface area contributed by atoms with Crippen LogP contribution in [0, 0.1) is 12.7 Å². The molecule has 6 nitrogen and oxygen atoms in total. The van der Waals surface area contributed by atoms with E-state index in [1.807, 2.05) is 4.90 Å². The van der Waals surface area contributed by atoms with E-state index >= 15 is 0 Å². The number of amides is 1. The lowest BCUT2D eigenvalue weighted by Crippen LogP contribution is -2.38. The van der Waals surface area contributed by atoms with Crippen LogP contribution in [0.5, 0.6) is 0 Å². The maximum atomic E-state index is 14.0. The number of para-hydroxylation sites is 1. The Balaban J connectivity index is 1.81. The number of aromatic amines is 1. The Labute approximate surface area is 145 Å². The molecule has 1 aliphatic rings. The molecule has 0 aliphatic carbocycles. The van der Waals surface area contributed by atoms with Gasteiger partial charge in [0.25, 0.3) is 5.91 Å². The number of benzene rings is 1. The molecule has 3 N–H and O–H groups in total. The second-order valence-corrected chi connectivity index (χ2v) is 6.57. The molecule has 0 spiro atoms. The van der Waals surface area contributed by atoms with Gasteiger partial charge < -0.3 is 20.1 Å². The number of aliphatic hydroxyl groups is 2. The van der Waals surface area contributed by atoms with E-state index in [-0.39, 0.29) is 24.9 Å². The predicted molar refractivity (Wildman–Crippen MR) is 93.0 cm³/mol. The van der Waals surface area contributed by atoms with E-state index < -0.39 is 6.10 Å². The van der Waals surface area contributed by atoms with Gasteiger partial charge in [-0.1, -0.05) is 12.1 Å². The van der Waals surface area contributed by atoms with Crippen molar-refractivity contribution in [1.82, 2.24) is 14.8 Å². The first-order valence-electron chi connectivity index (χ1n) is 8.58. The molecule has 7 heteroatoms. The average Bonchev–Trinajstić information content (AvgIpc) is 2.81. The third-order valence-electron chi connectivity index (χ3n) is 4.76. The smallest absolute Gasteiger partial charge is 0.270 e. The lowest BCUT2D eigenvalue weighted by molar-refractivity contribution is 0.0658. The molecule has 1 atom stereocenters. The average molecular weight is 349 g/mol. The van der Waals surface area contributed by atoms with Crippen molar-refractivity contribution in [2.75, 3.05) is 39.3 Å². The minimum absolute atomic E-state index is 0.106. The highest BCUT2D eigenvalue weighted by atomic mass is 19.1. The van der Waals surface area contributed by atoms with Crippen LogP contribution in [0.25, 0.3) is 10.9 Å². The van der Waals surface area contributed by atoms with Crippen molar-refractivity contribution < 1.29 is 19.4 Å². The molecule has 0 saturated carbocycles. The number of carbonyl (C=O) groups excluding carboxylic acids is 1. The number of rotatable bonds is 4. The lowest BCUT2D eigenvalue weighted by atomic mass is 10.1. The van der Waals surface area contributed by atoms with Crippen molar-refractivity contribution >= 4 is 16.8 Å². The van der Waals surface area contributed by atoms with Crippen LogP contribution in [0.2, 0.25) is 0 Å². The van der Waals surface area contributed by atoms with Crippen LogP contribution < -0.4 is 0 Å². The fraction of sp³-hybridized carbons (Fsp3) is 0.500. The number of H-pyrrole nitrogens is 1. The second-order valence-electron chi connectivity index (χ2n) is 6.57. The van der Waals surface area contributed by atoms with Gasteiger partial charge >= 0.3 is 0 Å². The number of nitrogens with zero attached hydrogens (tertiary/aromatic N) is 2. The molecule has 1 saturated heterocycles. The number of aliphatic hydroxyl groups excluding tert-OH is 2. The van der Waals surface area contributed by atoms with Gasteiger partial charge in [-0.25, -0.2) is 4.39 Å². The molecule has 1 aromatic heterocycles. The van der Waals surface area contributed by atoms with Crippen molar-refractivity contribution in [2.24, 2.45) is 0 Å². The molecular formula is C18H24FN3O3. The van der Waals surface area contributed by atoms with Gasteiger partial charge in [-0.3, -0.25) is 9.69 Å². The Bertz CT molecular complexity index is 761. The van der Waals surface area contributed by atoms with Gasteiger partial charge in [0.15, 0.2) is 0 Å². The van der Waals surface area contributed by atoms with E-state index in [0.717, 1.165) is 5.56 Å². The Kier molecular flexibility index (Phi) is 5.36. The minimum Gasteiger partial charge on any atom is -0.396 e. The summed E-state index contributed by atoms with van der Waals surface area (Å²) in [5, 5.41) is 19.9. The van der Waals surface area contributed by atoms with Crippen LogP contribution in [0.15, 0.2) is 18.2 Å². The minimum atomic E-state index is -0.647. The topological polar surface area (TPSA) is 79.8 Å². The summed E-state index contributed by atoms with van der Waals surface area (Å²) < 4.78 is 14.0. The molecule has 1 aromatic carbocycles. The van der Waals surface area contributed by atoms with E-state index in [4.69, 9.17) is 5.11 Å². The summed E-state index contributed by atoms with van der Waals surface area (Å²) in [6.45, 7) is 4.43. The zero-order chi connectivity index (χ0) is 18.0. The number of nitrogens with one attached hydrogen (secondary N) is 1. The van der Waals surface area contributed by atoms with Gasteiger partial charge in [-0.15, -0.1) is 0 Å². The van der Waals surface area contributed by atoms with Gasteiger partial charge in [0.05, 0.1) is 11.6 Å². The van der Waals surface area contributed by atoms with E-state index in [2.05, 4.69) is 4.98 Å². The lowest BCUT2D eigenvalue weighted by Gasteiger charge is -2.21. The number of fused-ring (bicyclic) bond motifs is 1. The maximum Gasteiger partial charge on any atom is 0.270 e. The Morgan fingerprint density at radius 1 is 1.36 bits per heavy atom. The quantitative estimate of drug-likeness (QED) is 0.773. The zero-order valence-corrected chi connectivity index (χ0v) is 14.3. The highest BCUT2D eigenvalue weighted by Gasteiger charge is 2.27. The number of β-amino-alcohol motifs (C(OH)–C–C–N with tert-alkyl or cyclic N) is 1. The number of aromatic nitrogens is 1. The number of carbonyl (C=O) groups is 1. The maximum absolute atomic E-state index is 14.0. The first kappa shape index (κ1) is 17.8. The molecular weight excluding hydrogens is 325 g/mol. The van der Waals surface area contributed by atoms with E-state index in [1.54, 1.807) is 24.0 Å². The molecule has 136 valence electrons. The summed E-state index contributed by atoms with van der Waals surface area (Å²) >= 11 is 0. The summed E-state index contributed by atoms with van der Waals surface area (Å²) in [6.07, 6.45) is -0.00675. The summed E-state index contributed by atoms with van der Waals surface area (Å²) in [5.41, 5.74) is 1.43. The Hall–Kier alpha value is -1.96. The first-order chi connectivity index (χ1) is 12.0. The van der Waals surface area contributed by atoms with Gasteiger partial charge in [0.1, 0.15) is 11.5 Å². The molecule has 0 radical (unpaired) electrons. The van der Waals surface area contributed by atoms with Crippen LogP contribution in [-0.4, -0.2) is 76.3 Å². The molecule has 2 aromatic rings. The molecule has 1 aliphatic heterocycles. The van der Waals surface area contributed by atoms with E-state index in [0.29, 0.717) is 49.2 Å². The predicted octanol–water partition coefficient (Wildman–Crippen LogP) is 1.12. The summed E-state index contributed by atoms with van der Waals surface area (Å²) in [6, 6.07) is 4.78. The van der Waals surface area contributed by atoms with Gasteiger partial charge in [0.2, 0.25) is 0 Å². The number of aryl methyl sites for hydroxylation is 1. The largest absolute Gasteiger partial charge is 0.396 e. The van der Waals surface area contributed by atoms with Gasteiger partial charge in [-0.2, -0.15) is 0 Å². The molecule has 1 fully saturated rings. The normalized spacial score (nSPS) is 19.4. The zero-order valence-electron chi connectivity index (χ0n) is 14.3. The first-order valence-corrected chi connectivity index (χ1v) is 8.58. The van der Waals surface area contributed by atoms with Gasteiger partial charge in [0, 0.05) is 44.7 Å². The van der Waals surface area contributed by atoms with Gasteiger partial charge in [-0.05, 0) is 25.0 Å². The molecule has 0 bridgehead atoms. The fourth-order valence-corrected chi connectivity index (χ4v) is 3.43. The van der Waals surface area contributed by atoms with E-state index in [9.17, 15) is 14.3 Å². The van der Waals surface area contributed by atoms with Crippen molar-refractivity contribution in [3.63, 3.8) is 0 Å². The van der Waals surface area contributed by atoms with Crippen LogP contribution >= 0.6 is 0 Å². The number of hydrogen-bond donors (Lipinski definition) is 3. The van der Waals surface area contributed by atoms with Crippen LogP contribution in [0.4, 0.5) is 4.39 Å². The SMILES string of the molecule is Cc1c(C(=O)N2CCN(CCCO)CC(O)C2)[nH]c2c(F)cccc12. The van der Waals surface area contributed by atoms with Crippen molar-refractivity contribution in [3.05, 3.63) is 35.3 Å². The third kappa shape index (κ3) is 3.68. The molecule has 3 rings (SSSR count). The molecule has 25 heavy (non-hydrogen) atoms. The summed E-state index contributed by atoms with van der Waals surface area (Å²) in [5.74, 6) is -0.609. The Morgan fingerprint density at radius 2 is 2.16 bits per heavy atom. The summed E-state index contributed by atoms with van der Waals surface area (Å²) in [7, 11) is 0. The second kappa shape index (κ2) is 7.51. The van der Waals surface area contributed by atoms with Crippen LogP contribution in [0.3, 0.4) is 0 Å². The van der Waals surface area contributed by atoms with Crippen molar-refractivity contribution in [3.8, 4) is 0 Å². The molecule has 1 amide bonds. The summed E-state index contributed by atoms with van der Waals surface area (Å²) in [4.78, 5) is 19.5. The van der Waals surface area contributed by atoms with E-state index in [1.165, 1.54) is 6.07 Å². The Morgan fingerprint density at radius 3 is 2.88 bits per heavy atom. The standard InChI is InChI=1S/C18H24FN3O3/c1-12-14-4-2-5-15(19)17(14)20-16(12)18(25)22-8-7-21(6-3-9-23)10-13(24)11-22/h2,4-5,13,20,23-24H,3,6-11H2,1H3. The molecule has 1 unspecified atom stereocenters. The highest BCUT2D eigenvalue weighted by molar-refractivity contribution is 6.01. The number of hydrogen-bond acceptors (Lipinski definition) is 4.